The highest BCUT2D eigenvalue weighted by Gasteiger charge is 2.17. The highest BCUT2D eigenvalue weighted by atomic mass is 79.9. The van der Waals surface area contributed by atoms with Gasteiger partial charge in [0.25, 0.3) is 0 Å². The van der Waals surface area contributed by atoms with Gasteiger partial charge in [-0.3, -0.25) is 4.90 Å². The van der Waals surface area contributed by atoms with E-state index in [-0.39, 0.29) is 0 Å². The molecule has 1 aliphatic rings. The molecule has 0 fully saturated rings. The molecular weight excluding hydrogens is 332 g/mol. The van der Waals surface area contributed by atoms with Crippen molar-refractivity contribution in [1.29, 1.82) is 0 Å². The molecule has 2 nitrogen and oxygen atoms in total. The second kappa shape index (κ2) is 6.39. The van der Waals surface area contributed by atoms with Crippen molar-refractivity contribution >= 4 is 27.3 Å². The van der Waals surface area contributed by atoms with Crippen LogP contribution in [0.4, 0.5) is 0 Å². The summed E-state index contributed by atoms with van der Waals surface area (Å²) in [5.74, 6) is 0. The van der Waals surface area contributed by atoms with E-state index in [1.165, 1.54) is 27.6 Å². The Morgan fingerprint density at radius 1 is 1.35 bits per heavy atom. The normalized spacial score (nSPS) is 15.3. The summed E-state index contributed by atoms with van der Waals surface area (Å²) in [6.07, 6.45) is 1.20. The third-order valence-electron chi connectivity index (χ3n) is 3.78. The average Bonchev–Trinajstić information content (AvgIpc) is 2.90. The maximum absolute atomic E-state index is 3.72. The first-order chi connectivity index (χ1) is 9.76. The third kappa shape index (κ3) is 3.14. The van der Waals surface area contributed by atoms with Gasteiger partial charge < -0.3 is 5.32 Å². The molecule has 0 spiro atoms. The van der Waals surface area contributed by atoms with Gasteiger partial charge >= 0.3 is 0 Å². The highest BCUT2D eigenvalue weighted by molar-refractivity contribution is 9.10. The van der Waals surface area contributed by atoms with Gasteiger partial charge in [0, 0.05) is 35.5 Å². The van der Waals surface area contributed by atoms with E-state index >= 15 is 0 Å². The van der Waals surface area contributed by atoms with Crippen LogP contribution in [0.5, 0.6) is 0 Å². The predicted octanol–water partition coefficient (Wildman–Crippen LogP) is 3.79. The van der Waals surface area contributed by atoms with E-state index in [4.69, 9.17) is 0 Å². The summed E-state index contributed by atoms with van der Waals surface area (Å²) in [5.41, 5.74) is 4.22. The SMILES string of the molecule is CNCc1ccc(CN2CCc3sccc3C2)c(Br)c1. The van der Waals surface area contributed by atoms with E-state index in [2.05, 4.69) is 55.8 Å². The van der Waals surface area contributed by atoms with Crippen molar-refractivity contribution in [3.63, 3.8) is 0 Å². The fourth-order valence-electron chi connectivity index (χ4n) is 2.72. The van der Waals surface area contributed by atoms with Crippen LogP contribution in [0.25, 0.3) is 0 Å². The average molecular weight is 351 g/mol. The Labute approximate surface area is 132 Å². The van der Waals surface area contributed by atoms with E-state index in [9.17, 15) is 0 Å². The number of benzene rings is 1. The molecule has 3 rings (SSSR count). The molecule has 1 N–H and O–H groups in total. The van der Waals surface area contributed by atoms with Gasteiger partial charge in [-0.15, -0.1) is 11.3 Å². The van der Waals surface area contributed by atoms with Crippen LogP contribution in [0.2, 0.25) is 0 Å². The third-order valence-corrected chi connectivity index (χ3v) is 5.54. The number of hydrogen-bond acceptors (Lipinski definition) is 3. The van der Waals surface area contributed by atoms with Gasteiger partial charge in [-0.1, -0.05) is 28.1 Å². The molecular formula is C16H19BrN2S. The second-order valence-electron chi connectivity index (χ2n) is 5.29. The molecule has 0 amide bonds. The molecule has 4 heteroatoms. The van der Waals surface area contributed by atoms with Crippen LogP contribution in [0.3, 0.4) is 0 Å². The zero-order valence-electron chi connectivity index (χ0n) is 11.7. The molecule has 106 valence electrons. The van der Waals surface area contributed by atoms with E-state index in [1.54, 1.807) is 4.88 Å². The van der Waals surface area contributed by atoms with Gasteiger partial charge in [0.2, 0.25) is 0 Å². The van der Waals surface area contributed by atoms with Crippen molar-refractivity contribution in [3.05, 3.63) is 55.7 Å². The molecule has 0 bridgehead atoms. The minimum Gasteiger partial charge on any atom is -0.316 e. The lowest BCUT2D eigenvalue weighted by atomic mass is 10.1. The number of thiophene rings is 1. The van der Waals surface area contributed by atoms with Gasteiger partial charge in [-0.2, -0.15) is 0 Å². The quantitative estimate of drug-likeness (QED) is 0.902. The molecule has 20 heavy (non-hydrogen) atoms. The zero-order chi connectivity index (χ0) is 13.9. The first-order valence-corrected chi connectivity index (χ1v) is 8.63. The molecule has 0 radical (unpaired) electrons. The smallest absolute Gasteiger partial charge is 0.0248 e. The maximum Gasteiger partial charge on any atom is 0.0248 e. The van der Waals surface area contributed by atoms with Crippen LogP contribution in [0.15, 0.2) is 34.1 Å². The van der Waals surface area contributed by atoms with Crippen molar-refractivity contribution in [2.24, 2.45) is 0 Å². The second-order valence-corrected chi connectivity index (χ2v) is 7.14. The molecule has 0 saturated heterocycles. The molecule has 0 atom stereocenters. The number of nitrogens with zero attached hydrogens (tertiary/aromatic N) is 1. The lowest BCUT2D eigenvalue weighted by Crippen LogP contribution is -2.29. The summed E-state index contributed by atoms with van der Waals surface area (Å²) in [4.78, 5) is 4.11. The van der Waals surface area contributed by atoms with Crippen LogP contribution in [-0.4, -0.2) is 18.5 Å². The van der Waals surface area contributed by atoms with Crippen molar-refractivity contribution < 1.29 is 0 Å². The molecule has 1 aromatic carbocycles. The van der Waals surface area contributed by atoms with Crippen molar-refractivity contribution in [3.8, 4) is 0 Å². The Kier molecular flexibility index (Phi) is 4.56. The van der Waals surface area contributed by atoms with E-state index in [0.717, 1.165) is 26.2 Å². The van der Waals surface area contributed by atoms with Gasteiger partial charge in [0.1, 0.15) is 0 Å². The summed E-state index contributed by atoms with van der Waals surface area (Å²) in [6.45, 7) is 4.19. The van der Waals surface area contributed by atoms with E-state index in [1.807, 2.05) is 18.4 Å². The number of fused-ring (bicyclic) bond motifs is 1. The van der Waals surface area contributed by atoms with Gasteiger partial charge in [0.15, 0.2) is 0 Å². The van der Waals surface area contributed by atoms with E-state index < -0.39 is 0 Å². The molecule has 2 heterocycles. The van der Waals surface area contributed by atoms with Gasteiger partial charge in [0.05, 0.1) is 0 Å². The molecule has 2 aromatic rings. The maximum atomic E-state index is 3.72. The minimum absolute atomic E-state index is 0.918. The topological polar surface area (TPSA) is 15.3 Å². The van der Waals surface area contributed by atoms with Gasteiger partial charge in [-0.25, -0.2) is 0 Å². The Hall–Kier alpha value is -0.680. The van der Waals surface area contributed by atoms with Crippen LogP contribution in [-0.2, 0) is 26.1 Å². The highest BCUT2D eigenvalue weighted by Crippen LogP contribution is 2.27. The molecule has 0 aliphatic carbocycles. The zero-order valence-corrected chi connectivity index (χ0v) is 14.1. The first-order valence-electron chi connectivity index (χ1n) is 6.96. The number of nitrogens with one attached hydrogen (secondary N) is 1. The fourth-order valence-corrected chi connectivity index (χ4v) is 4.16. The summed E-state index contributed by atoms with van der Waals surface area (Å²) in [5, 5.41) is 5.41. The summed E-state index contributed by atoms with van der Waals surface area (Å²) in [6, 6.07) is 8.97. The number of hydrogen-bond donors (Lipinski definition) is 1. The summed E-state index contributed by atoms with van der Waals surface area (Å²) < 4.78 is 1.22. The standard InChI is InChI=1S/C16H19BrN2S/c1-18-9-12-2-3-13(15(17)8-12)10-19-6-4-16-14(11-19)5-7-20-16/h2-3,5,7-8,18H,4,6,9-11H2,1H3. The lowest BCUT2D eigenvalue weighted by molar-refractivity contribution is 0.247. The van der Waals surface area contributed by atoms with Crippen LogP contribution < -0.4 is 5.32 Å². The Morgan fingerprint density at radius 3 is 3.05 bits per heavy atom. The monoisotopic (exact) mass is 350 g/mol. The van der Waals surface area contributed by atoms with Gasteiger partial charge in [-0.05, 0) is 47.7 Å². The predicted molar refractivity (Wildman–Crippen MR) is 89.0 cm³/mol. The molecule has 0 saturated carbocycles. The Bertz CT molecular complexity index is 594. The van der Waals surface area contributed by atoms with Crippen molar-refractivity contribution in [2.45, 2.75) is 26.1 Å². The van der Waals surface area contributed by atoms with Crippen LogP contribution >= 0.6 is 27.3 Å². The number of rotatable bonds is 4. The lowest BCUT2D eigenvalue weighted by Gasteiger charge is -2.27. The molecule has 1 aliphatic heterocycles. The van der Waals surface area contributed by atoms with Crippen LogP contribution in [0, 0.1) is 0 Å². The largest absolute Gasteiger partial charge is 0.316 e. The summed E-state index contributed by atoms with van der Waals surface area (Å²) in [7, 11) is 1.98. The first kappa shape index (κ1) is 14.3. The minimum atomic E-state index is 0.918. The van der Waals surface area contributed by atoms with E-state index in [0.29, 0.717) is 0 Å². The Balaban J connectivity index is 1.69. The molecule has 1 aromatic heterocycles. The fraction of sp³-hybridized carbons (Fsp3) is 0.375. The van der Waals surface area contributed by atoms with Crippen molar-refractivity contribution in [1.82, 2.24) is 10.2 Å². The summed E-state index contributed by atoms with van der Waals surface area (Å²) >= 11 is 5.62. The van der Waals surface area contributed by atoms with Crippen LogP contribution in [0.1, 0.15) is 21.6 Å². The number of halogens is 1. The van der Waals surface area contributed by atoms with Crippen molar-refractivity contribution in [2.75, 3.05) is 13.6 Å². The molecule has 0 unspecified atom stereocenters. The Morgan fingerprint density at radius 2 is 2.25 bits per heavy atom.